The largest absolute Gasteiger partial charge is 0.435 e. The van der Waals surface area contributed by atoms with E-state index in [0.29, 0.717) is 9.58 Å². The molecule has 3 aromatic rings. The lowest BCUT2D eigenvalue weighted by atomic mass is 9.86. The van der Waals surface area contributed by atoms with Crippen LogP contribution in [0.25, 0.3) is 0 Å². The molecule has 250 valence electrons. The Kier molecular flexibility index (Phi) is 10.4. The first kappa shape index (κ1) is 35.3. The van der Waals surface area contributed by atoms with Crippen LogP contribution in [0.2, 0.25) is 10.0 Å². The summed E-state index contributed by atoms with van der Waals surface area (Å²) in [5.74, 6) is -2.82. The number of aryl methyl sites for hydroxylation is 1. The number of amides is 1. The second-order valence-corrected chi connectivity index (χ2v) is 11.0. The summed E-state index contributed by atoms with van der Waals surface area (Å²) in [6.45, 7) is -1.30. The van der Waals surface area contributed by atoms with Gasteiger partial charge >= 0.3 is 6.18 Å². The van der Waals surface area contributed by atoms with Gasteiger partial charge in [0.05, 0.1) is 12.3 Å². The van der Waals surface area contributed by atoms with Gasteiger partial charge in [0.15, 0.2) is 6.17 Å². The molecule has 2 heterocycles. The number of hydrogen-bond donors (Lipinski definition) is 0. The van der Waals surface area contributed by atoms with Crippen molar-refractivity contribution >= 4 is 40.8 Å². The maximum atomic E-state index is 14.4. The van der Waals surface area contributed by atoms with E-state index >= 15 is 0 Å². The standard InChI is InChI=1S/C27H21Cl2F10N5O2/c1-12-4-13(19-9-26(46-42-19,27(37,38)39)14-5-15(28)7-16(29)6-14)2-3-17(12)24(45)43(10-20(31)32)25-40-22(8-18(30)23(35)36)44(41-25)11-21(33)34/h2-7,18,20-21,23H,8-11H2,1H3. The summed E-state index contributed by atoms with van der Waals surface area (Å²) in [7, 11) is 0. The van der Waals surface area contributed by atoms with Gasteiger partial charge in [-0.3, -0.25) is 9.69 Å². The Morgan fingerprint density at radius 2 is 1.67 bits per heavy atom. The van der Waals surface area contributed by atoms with E-state index in [0.717, 1.165) is 18.2 Å². The average Bonchev–Trinajstić information content (AvgIpc) is 3.56. The number of carbonyl (C=O) groups excluding carboxylic acids is 1. The average molecular weight is 708 g/mol. The Morgan fingerprint density at radius 3 is 2.22 bits per heavy atom. The number of carbonyl (C=O) groups is 1. The van der Waals surface area contributed by atoms with E-state index in [1.165, 1.54) is 25.1 Å². The van der Waals surface area contributed by atoms with E-state index in [1.54, 1.807) is 0 Å². The zero-order valence-corrected chi connectivity index (χ0v) is 24.7. The van der Waals surface area contributed by atoms with Crippen LogP contribution in [0.5, 0.6) is 0 Å². The lowest BCUT2D eigenvalue weighted by molar-refractivity contribution is -0.275. The van der Waals surface area contributed by atoms with Gasteiger partial charge in [-0.15, -0.1) is 5.10 Å². The number of rotatable bonds is 11. The molecule has 2 aromatic carbocycles. The number of benzene rings is 2. The summed E-state index contributed by atoms with van der Waals surface area (Å²) >= 11 is 11.8. The topological polar surface area (TPSA) is 72.6 Å². The molecule has 0 bridgehead atoms. The Morgan fingerprint density at radius 1 is 1.02 bits per heavy atom. The quantitative estimate of drug-likeness (QED) is 0.191. The molecule has 0 spiro atoms. The molecule has 0 saturated heterocycles. The first-order chi connectivity index (χ1) is 21.4. The molecule has 0 N–H and O–H groups in total. The monoisotopic (exact) mass is 707 g/mol. The first-order valence-corrected chi connectivity index (χ1v) is 13.8. The van der Waals surface area contributed by atoms with Crippen molar-refractivity contribution in [3.05, 3.63) is 74.5 Å². The molecule has 4 rings (SSSR count). The second-order valence-electron chi connectivity index (χ2n) is 10.1. The van der Waals surface area contributed by atoms with Crippen LogP contribution in [0.4, 0.5) is 49.9 Å². The lowest BCUT2D eigenvalue weighted by Crippen LogP contribution is -2.42. The summed E-state index contributed by atoms with van der Waals surface area (Å²) < 4.78 is 136. The molecule has 0 aliphatic carbocycles. The number of alkyl halides is 10. The van der Waals surface area contributed by atoms with Crippen LogP contribution in [-0.2, 0) is 23.4 Å². The fraction of sp³-hybridized carbons (Fsp3) is 0.407. The fourth-order valence-electron chi connectivity index (χ4n) is 4.63. The molecule has 0 saturated carbocycles. The van der Waals surface area contributed by atoms with Crippen molar-refractivity contribution < 1.29 is 53.5 Å². The first-order valence-electron chi connectivity index (χ1n) is 13.0. The van der Waals surface area contributed by atoms with E-state index in [2.05, 4.69) is 15.2 Å². The third kappa shape index (κ3) is 7.51. The summed E-state index contributed by atoms with van der Waals surface area (Å²) in [6, 6.07) is 6.76. The maximum absolute atomic E-state index is 14.4. The van der Waals surface area contributed by atoms with E-state index < -0.39 is 86.4 Å². The van der Waals surface area contributed by atoms with Gasteiger partial charge < -0.3 is 4.84 Å². The van der Waals surface area contributed by atoms with Gasteiger partial charge in [0, 0.05) is 34.0 Å². The molecule has 0 fully saturated rings. The van der Waals surface area contributed by atoms with Crippen molar-refractivity contribution in [2.24, 2.45) is 5.16 Å². The van der Waals surface area contributed by atoms with Crippen LogP contribution < -0.4 is 4.90 Å². The highest BCUT2D eigenvalue weighted by molar-refractivity contribution is 6.34. The van der Waals surface area contributed by atoms with Gasteiger partial charge in [-0.1, -0.05) is 34.4 Å². The number of aromatic nitrogens is 3. The third-order valence-corrected chi connectivity index (χ3v) is 7.25. The van der Waals surface area contributed by atoms with Gasteiger partial charge in [0.2, 0.25) is 0 Å². The van der Waals surface area contributed by atoms with Crippen molar-refractivity contribution in [2.75, 3.05) is 11.4 Å². The molecule has 1 aromatic heterocycles. The highest BCUT2D eigenvalue weighted by Gasteiger charge is 2.62. The number of nitrogens with zero attached hydrogens (tertiary/aromatic N) is 5. The summed E-state index contributed by atoms with van der Waals surface area (Å²) in [4.78, 5) is 22.3. The van der Waals surface area contributed by atoms with Crippen LogP contribution in [0.1, 0.15) is 39.3 Å². The molecule has 2 atom stereocenters. The molecule has 19 heteroatoms. The zero-order valence-electron chi connectivity index (χ0n) is 23.2. The Bertz CT molecular complexity index is 1600. The molecular formula is C27H21Cl2F10N5O2. The number of halogens is 12. The SMILES string of the molecule is Cc1cc(C2=NOC(c3cc(Cl)cc(Cl)c3)(C(F)(F)F)C2)ccc1C(=O)N(CC(F)F)c1nc(CC(F)C(F)F)n(CC(F)F)n1. The van der Waals surface area contributed by atoms with Crippen LogP contribution in [0, 0.1) is 6.92 Å². The molecule has 0 radical (unpaired) electrons. The van der Waals surface area contributed by atoms with Gasteiger partial charge in [0.25, 0.3) is 36.7 Å². The predicted molar refractivity (Wildman–Crippen MR) is 146 cm³/mol. The van der Waals surface area contributed by atoms with Crippen LogP contribution in [0.15, 0.2) is 41.6 Å². The number of hydrogen-bond acceptors (Lipinski definition) is 5. The second kappa shape index (κ2) is 13.6. The molecule has 1 aliphatic rings. The number of anilines is 1. The summed E-state index contributed by atoms with van der Waals surface area (Å²) in [5, 5.41) is 7.02. The van der Waals surface area contributed by atoms with E-state index in [-0.39, 0.29) is 32.4 Å². The minimum absolute atomic E-state index is 0.0496. The van der Waals surface area contributed by atoms with Gasteiger partial charge in [-0.05, 0) is 48.4 Å². The van der Waals surface area contributed by atoms with Crippen molar-refractivity contribution in [1.29, 1.82) is 0 Å². The highest BCUT2D eigenvalue weighted by atomic mass is 35.5. The molecule has 7 nitrogen and oxygen atoms in total. The molecule has 1 aliphatic heterocycles. The predicted octanol–water partition coefficient (Wildman–Crippen LogP) is 7.80. The number of oxime groups is 1. The van der Waals surface area contributed by atoms with Crippen molar-refractivity contribution in [3.8, 4) is 0 Å². The fourth-order valence-corrected chi connectivity index (χ4v) is 5.16. The highest BCUT2D eigenvalue weighted by Crippen LogP contribution is 2.49. The third-order valence-electron chi connectivity index (χ3n) is 6.81. The van der Waals surface area contributed by atoms with Crippen molar-refractivity contribution in [3.63, 3.8) is 0 Å². The summed E-state index contributed by atoms with van der Waals surface area (Å²) in [5.41, 5.74) is -3.75. The smallest absolute Gasteiger partial charge is 0.374 e. The Balaban J connectivity index is 1.66. The maximum Gasteiger partial charge on any atom is 0.435 e. The van der Waals surface area contributed by atoms with E-state index in [1.807, 2.05) is 0 Å². The Labute approximate surface area is 263 Å². The molecule has 46 heavy (non-hydrogen) atoms. The lowest BCUT2D eigenvalue weighted by Gasteiger charge is -2.29. The van der Waals surface area contributed by atoms with Gasteiger partial charge in [0.1, 0.15) is 12.4 Å². The minimum atomic E-state index is -5.00. The van der Waals surface area contributed by atoms with Gasteiger partial charge in [-0.25, -0.2) is 35.4 Å². The zero-order chi connectivity index (χ0) is 34.1. The van der Waals surface area contributed by atoms with Crippen LogP contribution in [-0.4, -0.2) is 64.6 Å². The van der Waals surface area contributed by atoms with Crippen molar-refractivity contribution in [1.82, 2.24) is 14.8 Å². The van der Waals surface area contributed by atoms with Gasteiger partial charge in [-0.2, -0.15) is 18.2 Å². The molecule has 2 unspecified atom stereocenters. The normalized spacial score (nSPS) is 17.5. The summed E-state index contributed by atoms with van der Waals surface area (Å²) in [6.07, 6.45) is -19.7. The minimum Gasteiger partial charge on any atom is -0.374 e. The van der Waals surface area contributed by atoms with Crippen molar-refractivity contribution in [2.45, 2.75) is 63.5 Å². The van der Waals surface area contributed by atoms with Crippen LogP contribution in [0.3, 0.4) is 0 Å². The Hall–Kier alpha value is -3.60. The molecule has 1 amide bonds. The van der Waals surface area contributed by atoms with Crippen LogP contribution >= 0.6 is 23.2 Å². The van der Waals surface area contributed by atoms with E-state index in [9.17, 15) is 48.7 Å². The molecular weight excluding hydrogens is 687 g/mol. The van der Waals surface area contributed by atoms with E-state index in [4.69, 9.17) is 28.0 Å².